The van der Waals surface area contributed by atoms with Crippen LogP contribution in [0.1, 0.15) is 32.6 Å². The second-order valence-electron chi connectivity index (χ2n) is 4.86. The predicted molar refractivity (Wildman–Crippen MR) is 81.7 cm³/mol. The van der Waals surface area contributed by atoms with Crippen molar-refractivity contribution in [2.75, 3.05) is 25.5 Å². The molecule has 4 heteroatoms. The number of rotatable bonds is 8. The van der Waals surface area contributed by atoms with Crippen molar-refractivity contribution in [3.05, 3.63) is 29.3 Å². The quantitative estimate of drug-likeness (QED) is 0.736. The number of carbonyl (C=O) groups excluding carboxylic acids is 1. The maximum absolute atomic E-state index is 11.8. The van der Waals surface area contributed by atoms with Crippen LogP contribution >= 0.6 is 11.6 Å². The van der Waals surface area contributed by atoms with Crippen LogP contribution in [0.25, 0.3) is 0 Å². The summed E-state index contributed by atoms with van der Waals surface area (Å²) in [5.74, 6) is 0.000239. The fourth-order valence-electron chi connectivity index (χ4n) is 1.90. The molecule has 0 bridgehead atoms. The summed E-state index contributed by atoms with van der Waals surface area (Å²) in [4.78, 5) is 13.9. The van der Waals surface area contributed by atoms with Gasteiger partial charge in [-0.3, -0.25) is 9.69 Å². The Labute approximate surface area is 120 Å². The largest absolute Gasteiger partial charge is 0.325 e. The van der Waals surface area contributed by atoms with Gasteiger partial charge in [-0.1, -0.05) is 43.9 Å². The van der Waals surface area contributed by atoms with Crippen LogP contribution in [0.5, 0.6) is 0 Å². The molecule has 0 radical (unpaired) electrons. The smallest absolute Gasteiger partial charge is 0.238 e. The Hall–Kier alpha value is -1.06. The molecule has 1 amide bonds. The van der Waals surface area contributed by atoms with E-state index in [1.807, 2.05) is 19.2 Å². The van der Waals surface area contributed by atoms with Gasteiger partial charge in [-0.15, -0.1) is 0 Å². The Bertz CT molecular complexity index is 395. The van der Waals surface area contributed by atoms with E-state index in [4.69, 9.17) is 11.6 Å². The van der Waals surface area contributed by atoms with Crippen LogP contribution in [0.4, 0.5) is 5.69 Å². The van der Waals surface area contributed by atoms with Gasteiger partial charge in [0.05, 0.1) is 6.54 Å². The van der Waals surface area contributed by atoms with E-state index in [0.717, 1.165) is 18.7 Å². The second-order valence-corrected chi connectivity index (χ2v) is 5.29. The number of carbonyl (C=O) groups is 1. The van der Waals surface area contributed by atoms with Crippen molar-refractivity contribution < 1.29 is 4.79 Å². The molecule has 0 saturated carbocycles. The highest BCUT2D eigenvalue weighted by atomic mass is 35.5. The Morgan fingerprint density at radius 2 is 2.11 bits per heavy atom. The number of likely N-dealkylation sites (N-methyl/N-ethyl adjacent to an activating group) is 1. The normalized spacial score (nSPS) is 10.7. The first-order chi connectivity index (χ1) is 9.11. The zero-order valence-electron chi connectivity index (χ0n) is 11.8. The van der Waals surface area contributed by atoms with Gasteiger partial charge in [0.2, 0.25) is 5.91 Å². The predicted octanol–water partition coefficient (Wildman–Crippen LogP) is 3.79. The number of benzene rings is 1. The average Bonchev–Trinajstić information content (AvgIpc) is 2.34. The molecule has 106 valence electrons. The van der Waals surface area contributed by atoms with Crippen molar-refractivity contribution in [3.8, 4) is 0 Å². The minimum atomic E-state index is 0.000239. The highest BCUT2D eigenvalue weighted by Crippen LogP contribution is 2.14. The summed E-state index contributed by atoms with van der Waals surface area (Å²) in [6, 6.07) is 7.20. The van der Waals surface area contributed by atoms with E-state index in [9.17, 15) is 4.79 Å². The van der Waals surface area contributed by atoms with Gasteiger partial charge in [-0.2, -0.15) is 0 Å². The van der Waals surface area contributed by atoms with Gasteiger partial charge in [0.25, 0.3) is 0 Å². The first-order valence-corrected chi connectivity index (χ1v) is 7.23. The van der Waals surface area contributed by atoms with Gasteiger partial charge >= 0.3 is 0 Å². The lowest BCUT2D eigenvalue weighted by Crippen LogP contribution is -2.30. The van der Waals surface area contributed by atoms with E-state index >= 15 is 0 Å². The third-order valence-electron chi connectivity index (χ3n) is 2.92. The number of halogens is 1. The topological polar surface area (TPSA) is 32.3 Å². The maximum atomic E-state index is 11.8. The fourth-order valence-corrected chi connectivity index (χ4v) is 2.09. The summed E-state index contributed by atoms with van der Waals surface area (Å²) in [5, 5.41) is 3.48. The number of nitrogens with one attached hydrogen (secondary N) is 1. The second kappa shape index (κ2) is 8.94. The number of nitrogens with zero attached hydrogens (tertiary/aromatic N) is 1. The van der Waals surface area contributed by atoms with Crippen LogP contribution in [0.15, 0.2) is 24.3 Å². The van der Waals surface area contributed by atoms with Crippen molar-refractivity contribution >= 4 is 23.2 Å². The van der Waals surface area contributed by atoms with E-state index in [0.29, 0.717) is 11.6 Å². The standard InChI is InChI=1S/C15H23ClN2O/c1-3-4-5-6-10-18(2)12-15(19)17-14-9-7-8-13(16)11-14/h7-9,11H,3-6,10,12H2,1-2H3,(H,17,19). The first kappa shape index (κ1) is 16.0. The monoisotopic (exact) mass is 282 g/mol. The zero-order valence-corrected chi connectivity index (χ0v) is 12.5. The van der Waals surface area contributed by atoms with Crippen LogP contribution in [0, 0.1) is 0 Å². The molecule has 0 aliphatic heterocycles. The molecule has 0 spiro atoms. The van der Waals surface area contributed by atoms with E-state index in [2.05, 4.69) is 17.1 Å². The zero-order chi connectivity index (χ0) is 14.1. The highest BCUT2D eigenvalue weighted by molar-refractivity contribution is 6.30. The molecule has 0 fully saturated rings. The minimum Gasteiger partial charge on any atom is -0.325 e. The van der Waals surface area contributed by atoms with Crippen LogP contribution in [-0.2, 0) is 4.79 Å². The van der Waals surface area contributed by atoms with Gasteiger partial charge < -0.3 is 5.32 Å². The lowest BCUT2D eigenvalue weighted by Gasteiger charge is -2.16. The van der Waals surface area contributed by atoms with E-state index < -0.39 is 0 Å². The summed E-state index contributed by atoms with van der Waals surface area (Å²) >= 11 is 5.87. The van der Waals surface area contributed by atoms with Crippen molar-refractivity contribution in [2.45, 2.75) is 32.6 Å². The maximum Gasteiger partial charge on any atom is 0.238 e. The molecular formula is C15H23ClN2O. The SMILES string of the molecule is CCCCCCN(C)CC(=O)Nc1cccc(Cl)c1. The summed E-state index contributed by atoms with van der Waals surface area (Å²) in [6.45, 7) is 3.57. The third-order valence-corrected chi connectivity index (χ3v) is 3.15. The Morgan fingerprint density at radius 1 is 1.32 bits per heavy atom. The molecule has 0 aromatic heterocycles. The minimum absolute atomic E-state index is 0.000239. The molecule has 0 unspecified atom stereocenters. The number of hydrogen-bond acceptors (Lipinski definition) is 2. The number of anilines is 1. The molecule has 0 heterocycles. The lowest BCUT2D eigenvalue weighted by molar-refractivity contribution is -0.117. The van der Waals surface area contributed by atoms with Gasteiger partial charge in [0, 0.05) is 10.7 Å². The number of hydrogen-bond donors (Lipinski definition) is 1. The van der Waals surface area contributed by atoms with E-state index in [1.165, 1.54) is 19.3 Å². The summed E-state index contributed by atoms with van der Waals surface area (Å²) < 4.78 is 0. The molecular weight excluding hydrogens is 260 g/mol. The fraction of sp³-hybridized carbons (Fsp3) is 0.533. The molecule has 1 rings (SSSR count). The molecule has 0 atom stereocenters. The molecule has 1 aromatic carbocycles. The van der Waals surface area contributed by atoms with Gasteiger partial charge in [0.15, 0.2) is 0 Å². The highest BCUT2D eigenvalue weighted by Gasteiger charge is 2.06. The number of amides is 1. The Balaban J connectivity index is 2.26. The van der Waals surface area contributed by atoms with Crippen LogP contribution in [0.3, 0.4) is 0 Å². The van der Waals surface area contributed by atoms with Crippen molar-refractivity contribution in [2.24, 2.45) is 0 Å². The van der Waals surface area contributed by atoms with Crippen molar-refractivity contribution in [1.82, 2.24) is 4.90 Å². The third kappa shape index (κ3) is 7.19. The van der Waals surface area contributed by atoms with Crippen molar-refractivity contribution in [3.63, 3.8) is 0 Å². The molecule has 1 aromatic rings. The van der Waals surface area contributed by atoms with E-state index in [-0.39, 0.29) is 5.91 Å². The van der Waals surface area contributed by atoms with Gasteiger partial charge in [0.1, 0.15) is 0 Å². The summed E-state index contributed by atoms with van der Waals surface area (Å²) in [5.41, 5.74) is 0.747. The summed E-state index contributed by atoms with van der Waals surface area (Å²) in [7, 11) is 1.98. The van der Waals surface area contributed by atoms with Crippen LogP contribution in [0.2, 0.25) is 5.02 Å². The van der Waals surface area contributed by atoms with E-state index in [1.54, 1.807) is 12.1 Å². The van der Waals surface area contributed by atoms with Crippen LogP contribution in [-0.4, -0.2) is 30.9 Å². The lowest BCUT2D eigenvalue weighted by atomic mass is 10.2. The first-order valence-electron chi connectivity index (χ1n) is 6.85. The molecule has 0 aliphatic rings. The molecule has 3 nitrogen and oxygen atoms in total. The Kier molecular flexibility index (Phi) is 7.53. The molecule has 0 aliphatic carbocycles. The van der Waals surface area contributed by atoms with Crippen molar-refractivity contribution in [1.29, 1.82) is 0 Å². The average molecular weight is 283 g/mol. The molecule has 0 saturated heterocycles. The van der Waals surface area contributed by atoms with Gasteiger partial charge in [-0.05, 0) is 38.2 Å². The van der Waals surface area contributed by atoms with Crippen LogP contribution < -0.4 is 5.32 Å². The van der Waals surface area contributed by atoms with Gasteiger partial charge in [-0.25, -0.2) is 0 Å². The number of unbranched alkanes of at least 4 members (excludes halogenated alkanes) is 3. The Morgan fingerprint density at radius 3 is 2.79 bits per heavy atom. The molecule has 1 N–H and O–H groups in total. The summed E-state index contributed by atoms with van der Waals surface area (Å²) in [6.07, 6.45) is 4.88. The molecule has 19 heavy (non-hydrogen) atoms.